The van der Waals surface area contributed by atoms with Crippen molar-refractivity contribution in [2.45, 2.75) is 6.92 Å². The van der Waals surface area contributed by atoms with Gasteiger partial charge >= 0.3 is 0 Å². The molecule has 1 amide bonds. The Morgan fingerprint density at radius 2 is 2.10 bits per heavy atom. The van der Waals surface area contributed by atoms with Crippen molar-refractivity contribution in [3.05, 3.63) is 48.4 Å². The first-order valence-corrected chi connectivity index (χ1v) is 6.60. The number of carbonyl (C=O) groups is 1. The SMILES string of the molecule is CCOc1ccc(NC(=O)c2n[nH]c3ccncc23)cc1. The van der Waals surface area contributed by atoms with Gasteiger partial charge in [0.15, 0.2) is 5.69 Å². The van der Waals surface area contributed by atoms with Gasteiger partial charge in [0.25, 0.3) is 5.91 Å². The molecule has 0 bridgehead atoms. The van der Waals surface area contributed by atoms with Gasteiger partial charge < -0.3 is 10.1 Å². The van der Waals surface area contributed by atoms with Crippen LogP contribution in [-0.2, 0) is 0 Å². The van der Waals surface area contributed by atoms with Crippen LogP contribution in [0.3, 0.4) is 0 Å². The number of H-pyrrole nitrogens is 1. The number of carbonyl (C=O) groups excluding carboxylic acids is 1. The second-order valence-corrected chi connectivity index (χ2v) is 4.40. The monoisotopic (exact) mass is 282 g/mol. The summed E-state index contributed by atoms with van der Waals surface area (Å²) in [6.45, 7) is 2.53. The summed E-state index contributed by atoms with van der Waals surface area (Å²) in [7, 11) is 0. The Labute approximate surface area is 121 Å². The third-order valence-corrected chi connectivity index (χ3v) is 3.00. The van der Waals surface area contributed by atoms with Gasteiger partial charge in [0.05, 0.1) is 17.5 Å². The van der Waals surface area contributed by atoms with E-state index in [9.17, 15) is 4.79 Å². The summed E-state index contributed by atoms with van der Waals surface area (Å²) in [4.78, 5) is 16.3. The molecule has 106 valence electrons. The van der Waals surface area contributed by atoms with Gasteiger partial charge in [-0.05, 0) is 37.3 Å². The summed E-state index contributed by atoms with van der Waals surface area (Å²) in [5, 5.41) is 10.3. The minimum Gasteiger partial charge on any atom is -0.494 e. The minimum atomic E-state index is -0.279. The Morgan fingerprint density at radius 1 is 1.29 bits per heavy atom. The molecule has 3 rings (SSSR count). The van der Waals surface area contributed by atoms with Crippen LogP contribution in [0.15, 0.2) is 42.7 Å². The zero-order valence-electron chi connectivity index (χ0n) is 11.5. The lowest BCUT2D eigenvalue weighted by Gasteiger charge is -2.06. The van der Waals surface area contributed by atoms with Crippen LogP contribution >= 0.6 is 0 Å². The average Bonchev–Trinajstić information content (AvgIpc) is 2.93. The van der Waals surface area contributed by atoms with Crippen molar-refractivity contribution in [3.8, 4) is 5.75 Å². The first kappa shape index (κ1) is 13.1. The summed E-state index contributed by atoms with van der Waals surface area (Å²) in [5.74, 6) is 0.489. The summed E-state index contributed by atoms with van der Waals surface area (Å²) < 4.78 is 5.36. The number of nitrogens with zero attached hydrogens (tertiary/aromatic N) is 2. The second-order valence-electron chi connectivity index (χ2n) is 4.40. The molecule has 0 spiro atoms. The second kappa shape index (κ2) is 5.62. The molecule has 0 aliphatic rings. The number of aromatic amines is 1. The molecule has 2 aromatic heterocycles. The fraction of sp³-hybridized carbons (Fsp3) is 0.133. The quantitative estimate of drug-likeness (QED) is 0.770. The maximum Gasteiger partial charge on any atom is 0.276 e. The highest BCUT2D eigenvalue weighted by molar-refractivity contribution is 6.10. The fourth-order valence-corrected chi connectivity index (χ4v) is 2.02. The maximum absolute atomic E-state index is 12.2. The third-order valence-electron chi connectivity index (χ3n) is 3.00. The number of pyridine rings is 1. The van der Waals surface area contributed by atoms with Crippen molar-refractivity contribution in [3.63, 3.8) is 0 Å². The van der Waals surface area contributed by atoms with E-state index in [1.54, 1.807) is 30.6 Å². The normalized spacial score (nSPS) is 10.5. The first-order valence-electron chi connectivity index (χ1n) is 6.60. The molecule has 6 nitrogen and oxygen atoms in total. The van der Waals surface area contributed by atoms with Gasteiger partial charge in [-0.1, -0.05) is 0 Å². The van der Waals surface area contributed by atoms with E-state index in [2.05, 4.69) is 20.5 Å². The molecular weight excluding hydrogens is 268 g/mol. The lowest BCUT2D eigenvalue weighted by atomic mass is 10.2. The lowest BCUT2D eigenvalue weighted by molar-refractivity contribution is 0.102. The fourth-order valence-electron chi connectivity index (χ4n) is 2.02. The molecule has 0 radical (unpaired) electrons. The zero-order chi connectivity index (χ0) is 14.7. The Hall–Kier alpha value is -2.89. The van der Waals surface area contributed by atoms with Gasteiger partial charge in [0, 0.05) is 18.1 Å². The third kappa shape index (κ3) is 2.69. The van der Waals surface area contributed by atoms with E-state index in [1.807, 2.05) is 19.1 Å². The minimum absolute atomic E-state index is 0.279. The molecule has 0 saturated heterocycles. The Kier molecular flexibility index (Phi) is 3.51. The molecule has 2 N–H and O–H groups in total. The van der Waals surface area contributed by atoms with Gasteiger partial charge in [-0.2, -0.15) is 5.10 Å². The summed E-state index contributed by atoms with van der Waals surface area (Å²) in [6, 6.07) is 8.97. The summed E-state index contributed by atoms with van der Waals surface area (Å²) in [5.41, 5.74) is 1.79. The van der Waals surface area contributed by atoms with E-state index >= 15 is 0 Å². The van der Waals surface area contributed by atoms with Gasteiger partial charge in [0.2, 0.25) is 0 Å². The Balaban J connectivity index is 1.79. The molecule has 0 atom stereocenters. The number of benzene rings is 1. The average molecular weight is 282 g/mol. The molecule has 0 aliphatic carbocycles. The number of hydrogen-bond donors (Lipinski definition) is 2. The number of nitrogens with one attached hydrogen (secondary N) is 2. The lowest BCUT2D eigenvalue weighted by Crippen LogP contribution is -2.12. The van der Waals surface area contributed by atoms with Crippen molar-refractivity contribution in [1.82, 2.24) is 15.2 Å². The number of anilines is 1. The summed E-state index contributed by atoms with van der Waals surface area (Å²) in [6.07, 6.45) is 3.26. The van der Waals surface area contributed by atoms with Crippen LogP contribution in [0, 0.1) is 0 Å². The van der Waals surface area contributed by atoms with Gasteiger partial charge in [0.1, 0.15) is 5.75 Å². The Bertz CT molecular complexity index is 765. The van der Waals surface area contributed by atoms with Gasteiger partial charge in [-0.25, -0.2) is 0 Å². The molecule has 2 heterocycles. The van der Waals surface area contributed by atoms with Crippen LogP contribution in [0.5, 0.6) is 5.75 Å². The van der Waals surface area contributed by atoms with E-state index in [1.165, 1.54) is 0 Å². The molecule has 21 heavy (non-hydrogen) atoms. The van der Waals surface area contributed by atoms with E-state index in [0.717, 1.165) is 11.3 Å². The van der Waals surface area contributed by atoms with Crippen LogP contribution < -0.4 is 10.1 Å². The highest BCUT2D eigenvalue weighted by Gasteiger charge is 2.14. The molecule has 0 unspecified atom stereocenters. The highest BCUT2D eigenvalue weighted by atomic mass is 16.5. The number of hydrogen-bond acceptors (Lipinski definition) is 4. The number of rotatable bonds is 4. The van der Waals surface area contributed by atoms with Crippen molar-refractivity contribution in [2.24, 2.45) is 0 Å². The van der Waals surface area contributed by atoms with Crippen LogP contribution in [-0.4, -0.2) is 27.7 Å². The first-order chi connectivity index (χ1) is 10.3. The van der Waals surface area contributed by atoms with E-state index in [0.29, 0.717) is 23.4 Å². The number of amides is 1. The summed E-state index contributed by atoms with van der Waals surface area (Å²) >= 11 is 0. The molecule has 1 aromatic carbocycles. The highest BCUT2D eigenvalue weighted by Crippen LogP contribution is 2.18. The van der Waals surface area contributed by atoms with E-state index in [4.69, 9.17) is 4.74 Å². The molecule has 0 saturated carbocycles. The maximum atomic E-state index is 12.2. The van der Waals surface area contributed by atoms with Crippen molar-refractivity contribution in [2.75, 3.05) is 11.9 Å². The standard InChI is InChI=1S/C15H14N4O2/c1-2-21-11-5-3-10(4-6-11)17-15(20)14-12-9-16-8-7-13(12)18-19-14/h3-9H,2H2,1H3,(H,17,20)(H,18,19). The zero-order valence-corrected chi connectivity index (χ0v) is 11.5. The largest absolute Gasteiger partial charge is 0.494 e. The smallest absolute Gasteiger partial charge is 0.276 e. The van der Waals surface area contributed by atoms with Gasteiger partial charge in [-0.3, -0.25) is 14.9 Å². The van der Waals surface area contributed by atoms with Crippen molar-refractivity contribution >= 4 is 22.5 Å². The number of aromatic nitrogens is 3. The van der Waals surface area contributed by atoms with E-state index in [-0.39, 0.29) is 5.91 Å². The topological polar surface area (TPSA) is 79.9 Å². The van der Waals surface area contributed by atoms with Crippen molar-refractivity contribution in [1.29, 1.82) is 0 Å². The number of fused-ring (bicyclic) bond motifs is 1. The molecule has 0 fully saturated rings. The van der Waals surface area contributed by atoms with Gasteiger partial charge in [-0.15, -0.1) is 0 Å². The van der Waals surface area contributed by atoms with Crippen LogP contribution in [0.1, 0.15) is 17.4 Å². The predicted molar refractivity (Wildman–Crippen MR) is 79.5 cm³/mol. The number of ether oxygens (including phenoxy) is 1. The Morgan fingerprint density at radius 3 is 2.86 bits per heavy atom. The van der Waals surface area contributed by atoms with Crippen LogP contribution in [0.4, 0.5) is 5.69 Å². The predicted octanol–water partition coefficient (Wildman–Crippen LogP) is 2.61. The van der Waals surface area contributed by atoms with Crippen LogP contribution in [0.25, 0.3) is 10.9 Å². The molecule has 3 aromatic rings. The molecule has 0 aliphatic heterocycles. The van der Waals surface area contributed by atoms with E-state index < -0.39 is 0 Å². The molecule has 6 heteroatoms. The molecular formula is C15H14N4O2. The van der Waals surface area contributed by atoms with Crippen LogP contribution in [0.2, 0.25) is 0 Å². The van der Waals surface area contributed by atoms with Crippen molar-refractivity contribution < 1.29 is 9.53 Å².